The van der Waals surface area contributed by atoms with Gasteiger partial charge >= 0.3 is 0 Å². The standard InChI is InChI=1S/C9H15O2/c1-6(4-10)7(2)8(3)9-5-11-9/h4,6-9H,1,5H2,2-3H3/q+1. The van der Waals surface area contributed by atoms with Gasteiger partial charge in [0.25, 0.3) is 0 Å². The minimum Gasteiger partial charge on any atom is -0.373 e. The molecule has 0 aliphatic carbocycles. The summed E-state index contributed by atoms with van der Waals surface area (Å²) in [6.45, 7) is 8.79. The van der Waals surface area contributed by atoms with Gasteiger partial charge in [-0.05, 0) is 5.92 Å². The lowest BCUT2D eigenvalue weighted by Gasteiger charge is -2.16. The number of hydrogen-bond donors (Lipinski definition) is 0. The van der Waals surface area contributed by atoms with Gasteiger partial charge in [-0.1, -0.05) is 13.8 Å². The molecule has 0 aromatic rings. The van der Waals surface area contributed by atoms with Crippen LogP contribution >= 0.6 is 0 Å². The third kappa shape index (κ3) is 1.96. The van der Waals surface area contributed by atoms with Crippen LogP contribution < -0.4 is 0 Å². The van der Waals surface area contributed by atoms with E-state index in [2.05, 4.69) is 20.8 Å². The molecule has 1 fully saturated rings. The topological polar surface area (TPSA) is 29.6 Å². The van der Waals surface area contributed by atoms with Crippen LogP contribution in [0.3, 0.4) is 0 Å². The van der Waals surface area contributed by atoms with E-state index in [0.29, 0.717) is 17.9 Å². The molecule has 0 aromatic heterocycles. The lowest BCUT2D eigenvalue weighted by Crippen LogP contribution is -2.21. The Kier molecular flexibility index (Phi) is 2.55. The first kappa shape index (κ1) is 8.60. The molecular formula is C9H15O2+. The number of carbonyl (C=O) groups is 1. The first-order valence-electron chi connectivity index (χ1n) is 4.06. The number of epoxide rings is 1. The van der Waals surface area contributed by atoms with Crippen LogP contribution in [-0.4, -0.2) is 19.0 Å². The number of hydrogen-bond acceptors (Lipinski definition) is 2. The SMILES string of the molecule is [CH2+]C(C=O)C(C)C(C)C1CO1. The van der Waals surface area contributed by atoms with Crippen LogP contribution in [0.2, 0.25) is 0 Å². The van der Waals surface area contributed by atoms with E-state index in [1.54, 1.807) is 0 Å². The Balaban J connectivity index is 2.37. The van der Waals surface area contributed by atoms with Gasteiger partial charge in [0.15, 0.2) is 12.2 Å². The first-order valence-corrected chi connectivity index (χ1v) is 4.06. The fraction of sp³-hybridized carbons (Fsp3) is 0.778. The fourth-order valence-electron chi connectivity index (χ4n) is 1.21. The third-order valence-electron chi connectivity index (χ3n) is 2.63. The van der Waals surface area contributed by atoms with Crippen LogP contribution in [0.4, 0.5) is 0 Å². The van der Waals surface area contributed by atoms with Gasteiger partial charge in [0.2, 0.25) is 0 Å². The molecule has 1 rings (SSSR count). The molecule has 4 atom stereocenters. The van der Waals surface area contributed by atoms with Gasteiger partial charge in [0, 0.05) is 5.92 Å². The molecule has 0 spiro atoms. The molecule has 2 nitrogen and oxygen atoms in total. The molecule has 2 heteroatoms. The number of rotatable bonds is 4. The molecule has 4 unspecified atom stereocenters. The van der Waals surface area contributed by atoms with Crippen LogP contribution in [0.5, 0.6) is 0 Å². The zero-order chi connectivity index (χ0) is 8.43. The monoisotopic (exact) mass is 155 g/mol. The highest BCUT2D eigenvalue weighted by atomic mass is 16.6. The van der Waals surface area contributed by atoms with Gasteiger partial charge in [-0.3, -0.25) is 4.79 Å². The Morgan fingerprint density at radius 3 is 2.55 bits per heavy atom. The van der Waals surface area contributed by atoms with Gasteiger partial charge in [-0.2, -0.15) is 0 Å². The van der Waals surface area contributed by atoms with E-state index in [1.807, 2.05) is 0 Å². The maximum Gasteiger partial charge on any atom is 0.167 e. The van der Waals surface area contributed by atoms with Crippen LogP contribution in [0.25, 0.3) is 0 Å². The van der Waals surface area contributed by atoms with E-state index in [1.165, 1.54) is 0 Å². The normalized spacial score (nSPS) is 30.5. The lowest BCUT2D eigenvalue weighted by molar-refractivity contribution is -0.111. The summed E-state index contributed by atoms with van der Waals surface area (Å²) >= 11 is 0. The van der Waals surface area contributed by atoms with Crippen molar-refractivity contribution in [3.8, 4) is 0 Å². The van der Waals surface area contributed by atoms with Crippen LogP contribution in [-0.2, 0) is 9.53 Å². The molecular weight excluding hydrogens is 140 g/mol. The van der Waals surface area contributed by atoms with Crippen molar-refractivity contribution in [1.29, 1.82) is 0 Å². The Labute approximate surface area is 67.9 Å². The van der Waals surface area contributed by atoms with E-state index < -0.39 is 0 Å². The highest BCUT2D eigenvalue weighted by molar-refractivity contribution is 5.54. The van der Waals surface area contributed by atoms with Crippen molar-refractivity contribution >= 4 is 6.29 Å². The molecule has 0 amide bonds. The Morgan fingerprint density at radius 1 is 1.64 bits per heavy atom. The van der Waals surface area contributed by atoms with Crippen LogP contribution in [0, 0.1) is 24.7 Å². The summed E-state index contributed by atoms with van der Waals surface area (Å²) in [7, 11) is 0. The predicted octanol–water partition coefficient (Wildman–Crippen LogP) is 1.31. The molecule has 11 heavy (non-hydrogen) atoms. The Bertz CT molecular complexity index is 140. The molecule has 0 saturated carbocycles. The summed E-state index contributed by atoms with van der Waals surface area (Å²) in [4.78, 5) is 10.4. The third-order valence-corrected chi connectivity index (χ3v) is 2.63. The molecule has 0 aromatic carbocycles. The molecule has 1 saturated heterocycles. The summed E-state index contributed by atoms with van der Waals surface area (Å²) in [6.07, 6.45) is 1.30. The molecule has 0 bridgehead atoms. The first-order chi connectivity index (χ1) is 5.16. The smallest absolute Gasteiger partial charge is 0.167 e. The molecule has 1 heterocycles. The van der Waals surface area contributed by atoms with Crippen molar-refractivity contribution in [2.45, 2.75) is 20.0 Å². The molecule has 62 valence electrons. The minimum absolute atomic E-state index is 0.0887. The number of carbonyl (C=O) groups excluding carboxylic acids is 1. The van der Waals surface area contributed by atoms with E-state index >= 15 is 0 Å². The quantitative estimate of drug-likeness (QED) is 0.348. The second-order valence-electron chi connectivity index (χ2n) is 3.39. The largest absolute Gasteiger partial charge is 0.373 e. The van der Waals surface area contributed by atoms with Gasteiger partial charge in [-0.15, -0.1) is 0 Å². The summed E-state index contributed by atoms with van der Waals surface area (Å²) in [6, 6.07) is 0. The Hall–Kier alpha value is -0.500. The molecule has 1 aliphatic heterocycles. The van der Waals surface area contributed by atoms with Crippen LogP contribution in [0.1, 0.15) is 13.8 Å². The highest BCUT2D eigenvalue weighted by Crippen LogP contribution is 2.29. The zero-order valence-electron chi connectivity index (χ0n) is 7.12. The molecule has 0 radical (unpaired) electrons. The average Bonchev–Trinajstić information content (AvgIpc) is 2.82. The van der Waals surface area contributed by atoms with Gasteiger partial charge in [0.1, 0.15) is 0 Å². The summed E-state index contributed by atoms with van der Waals surface area (Å²) in [5, 5.41) is 0. The van der Waals surface area contributed by atoms with E-state index in [4.69, 9.17) is 4.74 Å². The zero-order valence-corrected chi connectivity index (χ0v) is 7.12. The van der Waals surface area contributed by atoms with Crippen LogP contribution in [0.15, 0.2) is 0 Å². The van der Waals surface area contributed by atoms with Gasteiger partial charge < -0.3 is 4.74 Å². The molecule has 1 aliphatic rings. The van der Waals surface area contributed by atoms with E-state index in [-0.39, 0.29) is 5.92 Å². The lowest BCUT2D eigenvalue weighted by atomic mass is 9.84. The summed E-state index contributed by atoms with van der Waals surface area (Å²) in [5.41, 5.74) is 0. The van der Waals surface area contributed by atoms with Crippen molar-refractivity contribution in [3.05, 3.63) is 6.92 Å². The van der Waals surface area contributed by atoms with Gasteiger partial charge in [0.05, 0.1) is 19.6 Å². The molecule has 0 N–H and O–H groups in total. The van der Waals surface area contributed by atoms with Crippen molar-refractivity contribution in [2.24, 2.45) is 17.8 Å². The van der Waals surface area contributed by atoms with E-state index in [0.717, 1.165) is 12.9 Å². The van der Waals surface area contributed by atoms with Crippen molar-refractivity contribution in [3.63, 3.8) is 0 Å². The summed E-state index contributed by atoms with van der Waals surface area (Å²) < 4.78 is 5.14. The maximum absolute atomic E-state index is 10.4. The average molecular weight is 155 g/mol. The predicted molar refractivity (Wildman–Crippen MR) is 43.0 cm³/mol. The fourth-order valence-corrected chi connectivity index (χ4v) is 1.21. The number of ether oxygens (including phenoxy) is 1. The maximum atomic E-state index is 10.4. The highest BCUT2D eigenvalue weighted by Gasteiger charge is 2.36. The second-order valence-corrected chi connectivity index (χ2v) is 3.39. The minimum atomic E-state index is -0.0887. The van der Waals surface area contributed by atoms with Crippen molar-refractivity contribution in [1.82, 2.24) is 0 Å². The Morgan fingerprint density at radius 2 is 2.18 bits per heavy atom. The van der Waals surface area contributed by atoms with Gasteiger partial charge in [-0.25, -0.2) is 0 Å². The van der Waals surface area contributed by atoms with Crippen molar-refractivity contribution < 1.29 is 9.53 Å². The summed E-state index contributed by atoms with van der Waals surface area (Å²) in [5.74, 6) is 0.705. The second kappa shape index (κ2) is 3.26. The number of aldehydes is 1. The van der Waals surface area contributed by atoms with E-state index in [9.17, 15) is 4.79 Å². The van der Waals surface area contributed by atoms with Crippen molar-refractivity contribution in [2.75, 3.05) is 6.61 Å².